The molecular weight excluding hydrogens is 200 g/mol. The fraction of sp³-hybridized carbons (Fsp3) is 0.357. The van der Waals surface area contributed by atoms with Crippen molar-refractivity contribution in [3.63, 3.8) is 0 Å². The van der Waals surface area contributed by atoms with Gasteiger partial charge in [0.2, 0.25) is 0 Å². The molecule has 16 heavy (non-hydrogen) atoms. The molecule has 0 N–H and O–H groups in total. The number of rotatable bonds is 3. The maximum Gasteiger partial charge on any atom is 0.314 e. The minimum absolute atomic E-state index is 0.0276. The van der Waals surface area contributed by atoms with Gasteiger partial charge in [0.15, 0.2) is 0 Å². The van der Waals surface area contributed by atoms with E-state index in [1.807, 2.05) is 39.0 Å². The Morgan fingerprint density at radius 1 is 1.44 bits per heavy atom. The maximum atomic E-state index is 11.3. The molecule has 0 aromatic heterocycles. The zero-order valence-corrected chi connectivity index (χ0v) is 10.3. The van der Waals surface area contributed by atoms with Crippen molar-refractivity contribution in [3.8, 4) is 5.75 Å². The Morgan fingerprint density at radius 3 is 2.38 bits per heavy atom. The van der Waals surface area contributed by atoms with Gasteiger partial charge in [-0.25, -0.2) is 0 Å². The molecule has 0 saturated heterocycles. The molecule has 0 aliphatic heterocycles. The SMILES string of the molecule is C=CC.CCC(C)C(=O)Oc1ccccc1. The van der Waals surface area contributed by atoms with E-state index in [0.29, 0.717) is 5.75 Å². The van der Waals surface area contributed by atoms with Crippen molar-refractivity contribution in [1.82, 2.24) is 0 Å². The standard InChI is InChI=1S/C11H14O2.C3H6/c1-3-9(2)11(12)13-10-7-5-4-6-8-10;1-3-2/h4-9H,3H2,1-2H3;3H,1H2,2H3. The third kappa shape index (κ3) is 6.02. The van der Waals surface area contributed by atoms with Gasteiger partial charge in [0.1, 0.15) is 5.75 Å². The molecule has 0 aliphatic carbocycles. The monoisotopic (exact) mass is 220 g/mol. The van der Waals surface area contributed by atoms with E-state index >= 15 is 0 Å². The summed E-state index contributed by atoms with van der Waals surface area (Å²) in [6.45, 7) is 9.09. The van der Waals surface area contributed by atoms with Crippen LogP contribution in [-0.4, -0.2) is 5.97 Å². The van der Waals surface area contributed by atoms with Crippen molar-refractivity contribution in [3.05, 3.63) is 43.0 Å². The molecule has 0 spiro atoms. The van der Waals surface area contributed by atoms with E-state index in [1.54, 1.807) is 18.2 Å². The molecule has 1 aromatic rings. The van der Waals surface area contributed by atoms with Crippen LogP contribution < -0.4 is 4.74 Å². The van der Waals surface area contributed by atoms with Gasteiger partial charge >= 0.3 is 5.97 Å². The fourth-order valence-electron chi connectivity index (χ4n) is 0.872. The molecule has 0 bridgehead atoms. The van der Waals surface area contributed by atoms with Gasteiger partial charge in [0.05, 0.1) is 5.92 Å². The largest absolute Gasteiger partial charge is 0.426 e. The molecule has 88 valence electrons. The summed E-state index contributed by atoms with van der Waals surface area (Å²) in [6.07, 6.45) is 2.56. The highest BCUT2D eigenvalue weighted by Gasteiger charge is 2.12. The first-order valence-electron chi connectivity index (χ1n) is 5.49. The average Bonchev–Trinajstić information content (AvgIpc) is 2.30. The molecule has 0 heterocycles. The highest BCUT2D eigenvalue weighted by Crippen LogP contribution is 2.12. The van der Waals surface area contributed by atoms with Crippen molar-refractivity contribution in [1.29, 1.82) is 0 Å². The van der Waals surface area contributed by atoms with E-state index in [2.05, 4.69) is 6.58 Å². The number of ether oxygens (including phenoxy) is 1. The highest BCUT2D eigenvalue weighted by molar-refractivity contribution is 5.74. The van der Waals surface area contributed by atoms with E-state index in [4.69, 9.17) is 4.74 Å². The number of carbonyl (C=O) groups excluding carboxylic acids is 1. The zero-order chi connectivity index (χ0) is 12.4. The summed E-state index contributed by atoms with van der Waals surface area (Å²) in [5.74, 6) is 0.432. The first kappa shape index (κ1) is 14.4. The molecule has 0 saturated carbocycles. The van der Waals surface area contributed by atoms with Gasteiger partial charge in [-0.2, -0.15) is 0 Å². The summed E-state index contributed by atoms with van der Waals surface area (Å²) in [4.78, 5) is 11.3. The second kappa shape index (κ2) is 8.72. The zero-order valence-electron chi connectivity index (χ0n) is 10.3. The maximum absolute atomic E-state index is 11.3. The Balaban J connectivity index is 0.000000673. The van der Waals surface area contributed by atoms with Crippen LogP contribution >= 0.6 is 0 Å². The van der Waals surface area contributed by atoms with Crippen LogP contribution in [0.1, 0.15) is 27.2 Å². The van der Waals surface area contributed by atoms with Crippen LogP contribution in [0.5, 0.6) is 5.75 Å². The molecule has 2 nitrogen and oxygen atoms in total. The molecular formula is C14H20O2. The van der Waals surface area contributed by atoms with Gasteiger partial charge in [0.25, 0.3) is 0 Å². The lowest BCUT2D eigenvalue weighted by atomic mass is 10.1. The van der Waals surface area contributed by atoms with Crippen LogP contribution in [0.2, 0.25) is 0 Å². The van der Waals surface area contributed by atoms with Crippen LogP contribution in [-0.2, 0) is 4.79 Å². The highest BCUT2D eigenvalue weighted by atomic mass is 16.5. The fourth-order valence-corrected chi connectivity index (χ4v) is 0.872. The van der Waals surface area contributed by atoms with Gasteiger partial charge in [-0.05, 0) is 25.5 Å². The quantitative estimate of drug-likeness (QED) is 0.439. The smallest absolute Gasteiger partial charge is 0.314 e. The molecule has 0 aliphatic rings. The number of hydrogen-bond acceptors (Lipinski definition) is 2. The predicted octanol–water partition coefficient (Wildman–Crippen LogP) is 3.83. The van der Waals surface area contributed by atoms with E-state index in [0.717, 1.165) is 6.42 Å². The van der Waals surface area contributed by atoms with Crippen molar-refractivity contribution in [2.45, 2.75) is 27.2 Å². The van der Waals surface area contributed by atoms with Crippen LogP contribution in [0.25, 0.3) is 0 Å². The number of para-hydroxylation sites is 1. The number of carbonyl (C=O) groups is 1. The summed E-state index contributed by atoms with van der Waals surface area (Å²) in [5, 5.41) is 0. The number of hydrogen-bond donors (Lipinski definition) is 0. The summed E-state index contributed by atoms with van der Waals surface area (Å²) < 4.78 is 5.13. The molecule has 1 rings (SSSR count). The molecule has 1 atom stereocenters. The van der Waals surface area contributed by atoms with E-state index in [-0.39, 0.29) is 11.9 Å². The van der Waals surface area contributed by atoms with Crippen molar-refractivity contribution < 1.29 is 9.53 Å². The molecule has 0 fully saturated rings. The first-order chi connectivity index (χ1) is 7.65. The summed E-state index contributed by atoms with van der Waals surface area (Å²) in [5.41, 5.74) is 0. The van der Waals surface area contributed by atoms with Crippen molar-refractivity contribution >= 4 is 5.97 Å². The normalized spacial score (nSPS) is 10.7. The predicted molar refractivity (Wildman–Crippen MR) is 67.4 cm³/mol. The first-order valence-corrected chi connectivity index (χ1v) is 5.49. The lowest BCUT2D eigenvalue weighted by Gasteiger charge is -2.07. The second-order valence-corrected chi connectivity index (χ2v) is 3.45. The number of benzene rings is 1. The van der Waals surface area contributed by atoms with E-state index in [9.17, 15) is 4.79 Å². The van der Waals surface area contributed by atoms with Gasteiger partial charge in [-0.3, -0.25) is 4.79 Å². The Labute approximate surface area is 97.9 Å². The molecule has 1 unspecified atom stereocenters. The molecule has 0 amide bonds. The second-order valence-electron chi connectivity index (χ2n) is 3.45. The van der Waals surface area contributed by atoms with Crippen LogP contribution in [0.3, 0.4) is 0 Å². The molecule has 2 heteroatoms. The summed E-state index contributed by atoms with van der Waals surface area (Å²) >= 11 is 0. The Hall–Kier alpha value is -1.57. The third-order valence-electron chi connectivity index (χ3n) is 1.98. The summed E-state index contributed by atoms with van der Waals surface area (Å²) in [6, 6.07) is 9.14. The van der Waals surface area contributed by atoms with Gasteiger partial charge in [-0.15, -0.1) is 6.58 Å². The van der Waals surface area contributed by atoms with Gasteiger partial charge in [-0.1, -0.05) is 38.1 Å². The van der Waals surface area contributed by atoms with Crippen LogP contribution in [0, 0.1) is 5.92 Å². The average molecular weight is 220 g/mol. The number of esters is 1. The van der Waals surface area contributed by atoms with Gasteiger partial charge < -0.3 is 4.74 Å². The molecule has 1 aromatic carbocycles. The molecule has 0 radical (unpaired) electrons. The van der Waals surface area contributed by atoms with E-state index < -0.39 is 0 Å². The van der Waals surface area contributed by atoms with Crippen LogP contribution in [0.15, 0.2) is 43.0 Å². The summed E-state index contributed by atoms with van der Waals surface area (Å²) in [7, 11) is 0. The minimum atomic E-state index is -0.159. The Bertz CT molecular complexity index is 304. The Kier molecular flexibility index (Phi) is 7.86. The lowest BCUT2D eigenvalue weighted by Crippen LogP contribution is -2.16. The Morgan fingerprint density at radius 2 is 1.94 bits per heavy atom. The van der Waals surface area contributed by atoms with Crippen molar-refractivity contribution in [2.75, 3.05) is 0 Å². The lowest BCUT2D eigenvalue weighted by molar-refractivity contribution is -0.138. The van der Waals surface area contributed by atoms with E-state index in [1.165, 1.54) is 0 Å². The van der Waals surface area contributed by atoms with Crippen LogP contribution in [0.4, 0.5) is 0 Å². The van der Waals surface area contributed by atoms with Crippen molar-refractivity contribution in [2.24, 2.45) is 5.92 Å². The van der Waals surface area contributed by atoms with Gasteiger partial charge in [0, 0.05) is 0 Å². The topological polar surface area (TPSA) is 26.3 Å². The third-order valence-corrected chi connectivity index (χ3v) is 1.98. The number of allylic oxidation sites excluding steroid dienone is 1. The minimum Gasteiger partial charge on any atom is -0.426 e.